The van der Waals surface area contributed by atoms with Crippen LogP contribution in [0.4, 0.5) is 11.4 Å². The van der Waals surface area contributed by atoms with E-state index < -0.39 is 30.9 Å². The molecule has 0 aliphatic heterocycles. The van der Waals surface area contributed by atoms with E-state index in [4.69, 9.17) is 4.55 Å². The standard InChI is InChI=1S/C16H12N2O7S2/c19-16-14(27(23,24)25)9-10-3-1-2-4-13(10)15(16)18-17-11-5-7-12(8-6-11)26(20,21)22/h1-9,19H,(H,20,21,22)(H,23,24,25). The molecule has 0 aromatic heterocycles. The summed E-state index contributed by atoms with van der Waals surface area (Å²) in [6.45, 7) is 0. The highest BCUT2D eigenvalue weighted by Gasteiger charge is 2.21. The van der Waals surface area contributed by atoms with Gasteiger partial charge in [-0.15, -0.1) is 5.11 Å². The van der Waals surface area contributed by atoms with Crippen LogP contribution in [-0.4, -0.2) is 31.0 Å². The number of nitrogens with zero attached hydrogens (tertiary/aromatic N) is 2. The van der Waals surface area contributed by atoms with Crippen LogP contribution in [0.5, 0.6) is 5.75 Å². The molecular formula is C16H12N2O7S2. The highest BCUT2D eigenvalue weighted by atomic mass is 32.2. The summed E-state index contributed by atoms with van der Waals surface area (Å²) in [6, 6.07) is 12.3. The van der Waals surface area contributed by atoms with Gasteiger partial charge in [-0.1, -0.05) is 24.3 Å². The smallest absolute Gasteiger partial charge is 0.298 e. The number of fused-ring (bicyclic) bond motifs is 1. The van der Waals surface area contributed by atoms with Crippen molar-refractivity contribution in [2.45, 2.75) is 9.79 Å². The van der Waals surface area contributed by atoms with Crippen LogP contribution in [0, 0.1) is 0 Å². The van der Waals surface area contributed by atoms with Crippen molar-refractivity contribution in [3.8, 4) is 5.75 Å². The van der Waals surface area contributed by atoms with Crippen LogP contribution >= 0.6 is 0 Å². The monoisotopic (exact) mass is 408 g/mol. The molecule has 0 fully saturated rings. The molecule has 0 saturated carbocycles. The van der Waals surface area contributed by atoms with Gasteiger partial charge in [0.2, 0.25) is 0 Å². The topological polar surface area (TPSA) is 154 Å². The highest BCUT2D eigenvalue weighted by molar-refractivity contribution is 7.86. The van der Waals surface area contributed by atoms with E-state index in [1.54, 1.807) is 24.3 Å². The third kappa shape index (κ3) is 3.95. The van der Waals surface area contributed by atoms with E-state index in [0.717, 1.165) is 18.2 Å². The fourth-order valence-corrected chi connectivity index (χ4v) is 3.48. The number of azo groups is 1. The van der Waals surface area contributed by atoms with Crippen LogP contribution in [0.15, 0.2) is 74.6 Å². The molecule has 27 heavy (non-hydrogen) atoms. The minimum atomic E-state index is -4.70. The lowest BCUT2D eigenvalue weighted by Crippen LogP contribution is -1.98. The van der Waals surface area contributed by atoms with Crippen molar-refractivity contribution in [2.24, 2.45) is 10.2 Å². The maximum absolute atomic E-state index is 11.5. The number of aromatic hydroxyl groups is 1. The van der Waals surface area contributed by atoms with Gasteiger partial charge in [0, 0.05) is 5.39 Å². The molecule has 0 amide bonds. The Kier molecular flexibility index (Phi) is 4.70. The summed E-state index contributed by atoms with van der Waals surface area (Å²) in [4.78, 5) is -1.04. The third-order valence-electron chi connectivity index (χ3n) is 3.64. The predicted octanol–water partition coefficient (Wildman–Crippen LogP) is 3.45. The molecule has 0 saturated heterocycles. The maximum atomic E-state index is 11.5. The van der Waals surface area contributed by atoms with Crippen LogP contribution < -0.4 is 0 Å². The average Bonchev–Trinajstić information content (AvgIpc) is 2.59. The minimum absolute atomic E-state index is 0.181. The Balaban J connectivity index is 2.14. The van der Waals surface area contributed by atoms with Crippen molar-refractivity contribution in [3.05, 3.63) is 54.6 Å². The van der Waals surface area contributed by atoms with E-state index in [0.29, 0.717) is 10.8 Å². The molecule has 0 unspecified atom stereocenters. The first-order valence-electron chi connectivity index (χ1n) is 7.29. The first kappa shape index (κ1) is 18.9. The van der Waals surface area contributed by atoms with Crippen molar-refractivity contribution in [1.82, 2.24) is 0 Å². The minimum Gasteiger partial charge on any atom is -0.504 e. The molecule has 11 heteroatoms. The molecule has 0 bridgehead atoms. The second-order valence-electron chi connectivity index (χ2n) is 5.44. The Morgan fingerprint density at radius 1 is 0.778 bits per heavy atom. The fourth-order valence-electron chi connectivity index (χ4n) is 2.38. The van der Waals surface area contributed by atoms with E-state index in [9.17, 15) is 26.5 Å². The lowest BCUT2D eigenvalue weighted by molar-refractivity contribution is 0.445. The highest BCUT2D eigenvalue weighted by Crippen LogP contribution is 2.41. The first-order chi connectivity index (χ1) is 12.6. The number of benzene rings is 3. The van der Waals surface area contributed by atoms with Gasteiger partial charge < -0.3 is 5.11 Å². The van der Waals surface area contributed by atoms with Crippen LogP contribution in [0.1, 0.15) is 0 Å². The Labute approximate surface area is 154 Å². The molecule has 9 nitrogen and oxygen atoms in total. The second-order valence-corrected chi connectivity index (χ2v) is 8.25. The van der Waals surface area contributed by atoms with Gasteiger partial charge >= 0.3 is 0 Å². The van der Waals surface area contributed by atoms with E-state index in [1.807, 2.05) is 0 Å². The van der Waals surface area contributed by atoms with E-state index >= 15 is 0 Å². The first-order valence-corrected chi connectivity index (χ1v) is 10.2. The summed E-state index contributed by atoms with van der Waals surface area (Å²) < 4.78 is 63.3. The average molecular weight is 408 g/mol. The second kappa shape index (κ2) is 6.70. The predicted molar refractivity (Wildman–Crippen MR) is 95.9 cm³/mol. The van der Waals surface area contributed by atoms with Crippen molar-refractivity contribution >= 4 is 42.4 Å². The molecule has 0 aliphatic rings. The van der Waals surface area contributed by atoms with E-state index in [1.165, 1.54) is 12.1 Å². The van der Waals surface area contributed by atoms with Gasteiger partial charge in [-0.3, -0.25) is 9.11 Å². The van der Waals surface area contributed by atoms with Gasteiger partial charge in [-0.05, 0) is 35.7 Å². The summed E-state index contributed by atoms with van der Waals surface area (Å²) in [5, 5.41) is 18.7. The lowest BCUT2D eigenvalue weighted by Gasteiger charge is -2.08. The molecule has 0 radical (unpaired) electrons. The number of rotatable bonds is 4. The molecule has 0 aliphatic carbocycles. The zero-order chi connectivity index (χ0) is 19.8. The zero-order valence-electron chi connectivity index (χ0n) is 13.4. The molecule has 0 heterocycles. The van der Waals surface area contributed by atoms with Gasteiger partial charge in [-0.2, -0.15) is 21.9 Å². The molecule has 3 aromatic rings. The SMILES string of the molecule is O=S(=O)(O)c1ccc(N=Nc2c(O)c(S(=O)(=O)O)cc3ccccc23)cc1. The summed E-state index contributed by atoms with van der Waals surface area (Å²) in [7, 11) is -9.05. The quantitative estimate of drug-likeness (QED) is 0.441. The number of phenols is 1. The van der Waals surface area contributed by atoms with Crippen LogP contribution in [-0.2, 0) is 20.2 Å². The van der Waals surface area contributed by atoms with E-state index in [2.05, 4.69) is 10.2 Å². The van der Waals surface area contributed by atoms with E-state index in [-0.39, 0.29) is 16.3 Å². The third-order valence-corrected chi connectivity index (χ3v) is 5.37. The van der Waals surface area contributed by atoms with Crippen molar-refractivity contribution in [3.63, 3.8) is 0 Å². The molecule has 3 N–H and O–H groups in total. The summed E-state index contributed by atoms with van der Waals surface area (Å²) >= 11 is 0. The Morgan fingerprint density at radius 2 is 1.41 bits per heavy atom. The Morgan fingerprint density at radius 3 is 2.00 bits per heavy atom. The lowest BCUT2D eigenvalue weighted by atomic mass is 10.1. The van der Waals surface area contributed by atoms with Gasteiger partial charge in [-0.25, -0.2) is 0 Å². The van der Waals surface area contributed by atoms with Crippen LogP contribution in [0.25, 0.3) is 10.8 Å². The zero-order valence-corrected chi connectivity index (χ0v) is 15.0. The fraction of sp³-hybridized carbons (Fsp3) is 0. The summed E-state index contributed by atoms with van der Waals surface area (Å²) in [6.07, 6.45) is 0. The normalized spacial score (nSPS) is 12.7. The Hall–Kier alpha value is -2.86. The molecule has 3 rings (SSSR count). The Bertz CT molecular complexity index is 1270. The molecule has 140 valence electrons. The molecule has 0 atom stereocenters. The number of phenolic OH excluding ortho intramolecular Hbond substituents is 1. The molecule has 3 aromatic carbocycles. The van der Waals surface area contributed by atoms with Gasteiger partial charge in [0.15, 0.2) is 5.75 Å². The molecule has 0 spiro atoms. The molecular weight excluding hydrogens is 396 g/mol. The van der Waals surface area contributed by atoms with Gasteiger partial charge in [0.05, 0.1) is 10.6 Å². The van der Waals surface area contributed by atoms with Gasteiger partial charge in [0.25, 0.3) is 20.2 Å². The van der Waals surface area contributed by atoms with Crippen LogP contribution in [0.2, 0.25) is 0 Å². The maximum Gasteiger partial charge on any atom is 0.298 e. The van der Waals surface area contributed by atoms with Crippen molar-refractivity contribution < 1.29 is 31.0 Å². The largest absolute Gasteiger partial charge is 0.504 e. The number of hydrogen-bond donors (Lipinski definition) is 3. The van der Waals surface area contributed by atoms with Crippen molar-refractivity contribution in [1.29, 1.82) is 0 Å². The summed E-state index contributed by atoms with van der Waals surface area (Å²) in [5.74, 6) is -0.769. The van der Waals surface area contributed by atoms with Crippen molar-refractivity contribution in [2.75, 3.05) is 0 Å². The van der Waals surface area contributed by atoms with Crippen LogP contribution in [0.3, 0.4) is 0 Å². The number of hydrogen-bond acceptors (Lipinski definition) is 7. The van der Waals surface area contributed by atoms with Gasteiger partial charge in [0.1, 0.15) is 10.6 Å². The summed E-state index contributed by atoms with van der Waals surface area (Å²) in [5.41, 5.74) is 0.00252.